The number of aliphatic hydroxyl groups is 2. The summed E-state index contributed by atoms with van der Waals surface area (Å²) in [7, 11) is 0. The van der Waals surface area contributed by atoms with E-state index in [-0.39, 0.29) is 41.0 Å². The Bertz CT molecular complexity index is 1750. The van der Waals surface area contributed by atoms with Gasteiger partial charge in [-0.3, -0.25) is 9.69 Å². The van der Waals surface area contributed by atoms with Gasteiger partial charge in [0.05, 0.1) is 47.3 Å². The van der Waals surface area contributed by atoms with Crippen LogP contribution in [0.25, 0.3) is 0 Å². The SMILES string of the molecule is CC[C@]1(N)C[C@H](c2ncc(OCC(O)CO)c(Cc3cc(C(F)(F)F)cc(C(F)(F)F)c3)n2)c2cc(C(F)(F)F)ccc2N1C(=O)OCCC(=O)O. The topological polar surface area (TPSA) is 168 Å². The monoisotopic (exact) mass is 754 g/mol. The number of nitrogens with two attached hydrogens (primary N) is 1. The number of benzene rings is 2. The minimum atomic E-state index is -5.19. The summed E-state index contributed by atoms with van der Waals surface area (Å²) in [6.07, 6.45) is -18.8. The van der Waals surface area contributed by atoms with Gasteiger partial charge < -0.3 is 30.5 Å². The minimum absolute atomic E-state index is 0.0600. The van der Waals surface area contributed by atoms with E-state index in [0.29, 0.717) is 24.3 Å². The zero-order valence-electron chi connectivity index (χ0n) is 26.9. The number of aliphatic carboxylic acids is 1. The number of alkyl halides is 9. The van der Waals surface area contributed by atoms with Gasteiger partial charge in [-0.2, -0.15) is 39.5 Å². The summed E-state index contributed by atoms with van der Waals surface area (Å²) in [5.41, 5.74) is -0.805. The highest BCUT2D eigenvalue weighted by Crippen LogP contribution is 2.48. The van der Waals surface area contributed by atoms with Crippen LogP contribution in [-0.4, -0.2) is 68.9 Å². The van der Waals surface area contributed by atoms with E-state index < -0.39 is 110 Å². The lowest BCUT2D eigenvalue weighted by Gasteiger charge is -2.46. The highest BCUT2D eigenvalue weighted by atomic mass is 19.4. The van der Waals surface area contributed by atoms with Gasteiger partial charge in [-0.25, -0.2) is 14.8 Å². The van der Waals surface area contributed by atoms with E-state index in [4.69, 9.17) is 20.3 Å². The molecule has 3 atom stereocenters. The van der Waals surface area contributed by atoms with Crippen LogP contribution >= 0.6 is 0 Å². The van der Waals surface area contributed by atoms with Crippen LogP contribution in [0.5, 0.6) is 5.75 Å². The molecule has 284 valence electrons. The molecule has 0 fully saturated rings. The molecule has 1 amide bonds. The average Bonchev–Trinajstić information content (AvgIpc) is 3.05. The highest BCUT2D eigenvalue weighted by molar-refractivity contribution is 5.91. The second-order valence-electron chi connectivity index (χ2n) is 11.9. The standard InChI is InChI=1S/C32H31F9N4O7/c1-2-29(42)12-22(21-11-17(30(33,34)35)3-4-24(21)45(29)28(50)51-6-5-26(48)49)27-43-13-25(52-15-20(47)14-46)23(44-27)9-16-7-18(31(36,37)38)10-19(8-16)32(39,40)41/h3-4,7-8,10-11,13,20,22,46-47H,2,5-6,9,12,14-15,42H2,1H3,(H,48,49)/t20?,22-,29+/m0/s1. The maximum absolute atomic E-state index is 13.9. The third-order valence-electron chi connectivity index (χ3n) is 8.13. The summed E-state index contributed by atoms with van der Waals surface area (Å²) in [5.74, 6) is -3.24. The Morgan fingerprint density at radius 1 is 1.00 bits per heavy atom. The Kier molecular flexibility index (Phi) is 11.7. The molecule has 0 bridgehead atoms. The summed E-state index contributed by atoms with van der Waals surface area (Å²) in [6.45, 7) is -0.480. The summed E-state index contributed by atoms with van der Waals surface area (Å²) in [6, 6.07) is 3.12. The van der Waals surface area contributed by atoms with E-state index in [1.807, 2.05) is 0 Å². The predicted octanol–water partition coefficient (Wildman–Crippen LogP) is 5.87. The Hall–Kier alpha value is -4.69. The van der Waals surface area contributed by atoms with Crippen LogP contribution in [0, 0.1) is 0 Å². The van der Waals surface area contributed by atoms with E-state index in [1.54, 1.807) is 0 Å². The van der Waals surface area contributed by atoms with Crippen molar-refractivity contribution < 1.29 is 73.9 Å². The maximum atomic E-state index is 13.9. The van der Waals surface area contributed by atoms with Crippen molar-refractivity contribution in [3.63, 3.8) is 0 Å². The fourth-order valence-electron chi connectivity index (χ4n) is 5.50. The normalized spacial score (nSPS) is 18.5. The van der Waals surface area contributed by atoms with Crippen molar-refractivity contribution in [2.45, 2.75) is 68.8 Å². The van der Waals surface area contributed by atoms with Gasteiger partial charge >= 0.3 is 30.6 Å². The molecule has 1 aliphatic rings. The molecule has 0 aliphatic carbocycles. The van der Waals surface area contributed by atoms with Gasteiger partial charge in [0.2, 0.25) is 0 Å². The number of hydrogen-bond acceptors (Lipinski definition) is 9. The van der Waals surface area contributed by atoms with Gasteiger partial charge in [-0.1, -0.05) is 6.92 Å². The number of halogens is 9. The first-order valence-corrected chi connectivity index (χ1v) is 15.3. The maximum Gasteiger partial charge on any atom is 0.416 e. The number of carboxylic acids is 1. The molecule has 20 heteroatoms. The molecule has 0 radical (unpaired) electrons. The molecule has 5 N–H and O–H groups in total. The lowest BCUT2D eigenvalue weighted by atomic mass is 9.80. The second-order valence-corrected chi connectivity index (χ2v) is 11.9. The summed E-state index contributed by atoms with van der Waals surface area (Å²) in [4.78, 5) is 33.6. The predicted molar refractivity (Wildman–Crippen MR) is 161 cm³/mol. The Morgan fingerprint density at radius 3 is 2.15 bits per heavy atom. The van der Waals surface area contributed by atoms with E-state index in [1.165, 1.54) is 6.92 Å². The average molecular weight is 755 g/mol. The molecule has 4 rings (SSSR count). The summed E-state index contributed by atoms with van der Waals surface area (Å²) in [5, 5.41) is 27.9. The van der Waals surface area contributed by atoms with Crippen molar-refractivity contribution in [2.75, 3.05) is 24.7 Å². The molecule has 2 aromatic carbocycles. The number of ether oxygens (including phenoxy) is 2. The molecule has 52 heavy (non-hydrogen) atoms. The number of nitrogens with zero attached hydrogens (tertiary/aromatic N) is 3. The molecule has 1 unspecified atom stereocenters. The first-order valence-electron chi connectivity index (χ1n) is 15.3. The van der Waals surface area contributed by atoms with Crippen molar-refractivity contribution >= 4 is 17.7 Å². The number of carbonyl (C=O) groups is 2. The van der Waals surface area contributed by atoms with Crippen molar-refractivity contribution in [1.29, 1.82) is 0 Å². The van der Waals surface area contributed by atoms with Crippen LogP contribution in [-0.2, 0) is 34.5 Å². The minimum Gasteiger partial charge on any atom is -0.487 e. The quantitative estimate of drug-likeness (QED) is 0.174. The van der Waals surface area contributed by atoms with Crippen LogP contribution in [0.2, 0.25) is 0 Å². The van der Waals surface area contributed by atoms with Crippen molar-refractivity contribution in [1.82, 2.24) is 9.97 Å². The first kappa shape index (κ1) is 40.1. The van der Waals surface area contributed by atoms with E-state index >= 15 is 0 Å². The molecule has 0 saturated carbocycles. The van der Waals surface area contributed by atoms with Crippen molar-refractivity contribution in [3.8, 4) is 5.75 Å². The van der Waals surface area contributed by atoms with Crippen LogP contribution < -0.4 is 15.4 Å². The zero-order chi connectivity index (χ0) is 38.8. The number of rotatable bonds is 11. The van der Waals surface area contributed by atoms with Gasteiger partial charge in [0.25, 0.3) is 0 Å². The Labute approximate surface area is 288 Å². The van der Waals surface area contributed by atoms with Crippen LogP contribution in [0.15, 0.2) is 42.6 Å². The molecule has 11 nitrogen and oxygen atoms in total. The number of hydrogen-bond donors (Lipinski definition) is 4. The molecular formula is C32H31F9N4O7. The molecule has 0 saturated heterocycles. The highest BCUT2D eigenvalue weighted by Gasteiger charge is 2.47. The lowest BCUT2D eigenvalue weighted by molar-refractivity contribution is -0.143. The number of carbonyl (C=O) groups excluding carboxylic acids is 1. The third kappa shape index (κ3) is 9.20. The van der Waals surface area contributed by atoms with Crippen molar-refractivity contribution in [2.24, 2.45) is 5.73 Å². The van der Waals surface area contributed by atoms with Crippen LogP contribution in [0.4, 0.5) is 50.0 Å². The van der Waals surface area contributed by atoms with Gasteiger partial charge in [-0.15, -0.1) is 0 Å². The summed E-state index contributed by atoms with van der Waals surface area (Å²) >= 11 is 0. The second kappa shape index (κ2) is 15.1. The third-order valence-corrected chi connectivity index (χ3v) is 8.13. The first-order chi connectivity index (χ1) is 24.1. The zero-order valence-corrected chi connectivity index (χ0v) is 26.9. The van der Waals surface area contributed by atoms with E-state index in [0.717, 1.165) is 17.2 Å². The van der Waals surface area contributed by atoms with Gasteiger partial charge in [0.1, 0.15) is 30.8 Å². The van der Waals surface area contributed by atoms with Crippen molar-refractivity contribution in [3.05, 3.63) is 81.9 Å². The van der Waals surface area contributed by atoms with Gasteiger partial charge in [0, 0.05) is 12.3 Å². The molecular weight excluding hydrogens is 723 g/mol. The largest absolute Gasteiger partial charge is 0.487 e. The number of aliphatic hydroxyl groups excluding tert-OH is 2. The van der Waals surface area contributed by atoms with E-state index in [2.05, 4.69) is 9.97 Å². The van der Waals surface area contributed by atoms with Gasteiger partial charge in [-0.05, 0) is 60.4 Å². The lowest BCUT2D eigenvalue weighted by Crippen LogP contribution is -2.61. The molecule has 1 aliphatic heterocycles. The van der Waals surface area contributed by atoms with E-state index in [9.17, 15) is 59.3 Å². The smallest absolute Gasteiger partial charge is 0.416 e. The number of aromatic nitrogens is 2. The van der Waals surface area contributed by atoms with Crippen LogP contribution in [0.1, 0.15) is 71.4 Å². The Balaban J connectivity index is 1.90. The Morgan fingerprint density at radius 2 is 1.62 bits per heavy atom. The number of carboxylic acid groups (broad SMARTS) is 1. The van der Waals surface area contributed by atoms with Crippen LogP contribution in [0.3, 0.4) is 0 Å². The molecule has 0 spiro atoms. The molecule has 1 aromatic heterocycles. The molecule has 2 heterocycles. The molecule has 3 aromatic rings. The number of fused-ring (bicyclic) bond motifs is 1. The number of amides is 1. The fraction of sp³-hybridized carbons (Fsp3) is 0.438. The summed E-state index contributed by atoms with van der Waals surface area (Å²) < 4.78 is 134. The van der Waals surface area contributed by atoms with Gasteiger partial charge in [0.15, 0.2) is 5.75 Å². The fourth-order valence-corrected chi connectivity index (χ4v) is 5.50. The number of anilines is 1.